The Bertz CT molecular complexity index is 3130. The number of aryl methyl sites for hydroxylation is 4. The fraction of sp³-hybridized carbons (Fsp3) is 0.107. The van der Waals surface area contributed by atoms with Gasteiger partial charge in [-0.3, -0.25) is 0 Å². The molecular weight excluding hydrogens is 701 g/mol. The van der Waals surface area contributed by atoms with Crippen molar-refractivity contribution in [3.63, 3.8) is 0 Å². The molecule has 0 amide bonds. The van der Waals surface area contributed by atoms with Crippen molar-refractivity contribution in [2.45, 2.75) is 41.5 Å². The van der Waals surface area contributed by atoms with Gasteiger partial charge in [-0.05, 0) is 167 Å². The number of hydrogen-bond donors (Lipinski definition) is 0. The first-order chi connectivity index (χ1) is 28.3. The summed E-state index contributed by atoms with van der Waals surface area (Å²) in [5.41, 5.74) is 20.2. The highest BCUT2D eigenvalue weighted by molar-refractivity contribution is 6.23. The number of fused-ring (bicyclic) bond motifs is 8. The molecule has 58 heavy (non-hydrogen) atoms. The van der Waals surface area contributed by atoms with E-state index in [-0.39, 0.29) is 0 Å². The van der Waals surface area contributed by atoms with Crippen LogP contribution in [0.2, 0.25) is 0 Å². The zero-order chi connectivity index (χ0) is 39.4. The lowest BCUT2D eigenvalue weighted by molar-refractivity contribution is 1.18. The zero-order valence-corrected chi connectivity index (χ0v) is 33.9. The smallest absolute Gasteiger partial charge is 0.0541 e. The Morgan fingerprint density at radius 2 is 0.569 bits per heavy atom. The Morgan fingerprint density at radius 3 is 0.879 bits per heavy atom. The summed E-state index contributed by atoms with van der Waals surface area (Å²) in [5.74, 6) is 0. The van der Waals surface area contributed by atoms with E-state index in [0.717, 1.165) is 11.4 Å². The summed E-state index contributed by atoms with van der Waals surface area (Å²) < 4.78 is 4.91. The van der Waals surface area contributed by atoms with Crippen molar-refractivity contribution in [1.29, 1.82) is 0 Å². The van der Waals surface area contributed by atoms with Gasteiger partial charge in [0, 0.05) is 32.9 Å². The van der Waals surface area contributed by atoms with Crippen molar-refractivity contribution in [3.05, 3.63) is 191 Å². The predicted molar refractivity (Wildman–Crippen MR) is 249 cm³/mol. The van der Waals surface area contributed by atoms with Crippen LogP contribution in [0.1, 0.15) is 33.4 Å². The van der Waals surface area contributed by atoms with Crippen LogP contribution in [-0.2, 0) is 0 Å². The summed E-state index contributed by atoms with van der Waals surface area (Å²) in [7, 11) is 0. The number of benzene rings is 9. The number of nitrogens with zero attached hydrogens (tertiary/aromatic N) is 2. The molecule has 0 N–H and O–H groups in total. The third kappa shape index (κ3) is 4.98. The monoisotopic (exact) mass is 744 g/mol. The number of rotatable bonds is 4. The first-order valence-electron chi connectivity index (χ1n) is 20.4. The Hall–Kier alpha value is -6.90. The largest absolute Gasteiger partial charge is 0.309 e. The van der Waals surface area contributed by atoms with Crippen molar-refractivity contribution in [2.24, 2.45) is 0 Å². The van der Waals surface area contributed by atoms with Gasteiger partial charge >= 0.3 is 0 Å². The topological polar surface area (TPSA) is 9.86 Å². The van der Waals surface area contributed by atoms with Crippen LogP contribution < -0.4 is 0 Å². The lowest BCUT2D eigenvalue weighted by Gasteiger charge is -2.22. The molecule has 0 saturated heterocycles. The second-order valence-electron chi connectivity index (χ2n) is 16.4. The minimum absolute atomic E-state index is 1.16. The number of hydrogen-bond acceptors (Lipinski definition) is 0. The molecule has 0 bridgehead atoms. The van der Waals surface area contributed by atoms with Gasteiger partial charge in [-0.1, -0.05) is 109 Å². The molecule has 2 heterocycles. The van der Waals surface area contributed by atoms with Crippen molar-refractivity contribution in [2.75, 3.05) is 0 Å². The highest BCUT2D eigenvalue weighted by Gasteiger charge is 2.22. The second-order valence-corrected chi connectivity index (χ2v) is 16.4. The molecule has 0 fully saturated rings. The van der Waals surface area contributed by atoms with Crippen molar-refractivity contribution in [3.8, 4) is 33.6 Å². The van der Waals surface area contributed by atoms with Crippen molar-refractivity contribution in [1.82, 2.24) is 9.13 Å². The molecule has 0 spiro atoms. The standard InChI is InChI=1S/C56H44N2/c1-33-27-39(28-34(2)37(33)5)55-47-25-23-42(58-53-21-13-9-17-45(53)46-18-10-14-22-54(46)58)32-50(47)56(40-29-35(3)38(6)36(4)30-40)48-26-24-41(31-49(48)55)57-51-19-11-7-15-43(51)44-16-8-12-20-52(44)57/h7-32H,1-6H3. The summed E-state index contributed by atoms with van der Waals surface area (Å²) in [4.78, 5) is 0. The second kappa shape index (κ2) is 12.8. The van der Waals surface area contributed by atoms with Gasteiger partial charge in [0.2, 0.25) is 0 Å². The van der Waals surface area contributed by atoms with E-state index in [9.17, 15) is 0 Å². The molecule has 0 aliphatic rings. The molecule has 0 aliphatic carbocycles. The molecule has 2 heteroatoms. The molecule has 2 nitrogen and oxygen atoms in total. The lowest BCUT2D eigenvalue weighted by Crippen LogP contribution is -1.99. The van der Waals surface area contributed by atoms with Gasteiger partial charge in [-0.2, -0.15) is 0 Å². The summed E-state index contributed by atoms with van der Waals surface area (Å²) in [6.45, 7) is 13.5. The highest BCUT2D eigenvalue weighted by Crippen LogP contribution is 2.47. The molecule has 11 aromatic rings. The van der Waals surface area contributed by atoms with Gasteiger partial charge in [0.25, 0.3) is 0 Å². The van der Waals surface area contributed by atoms with E-state index in [1.807, 2.05) is 0 Å². The SMILES string of the molecule is Cc1cc(-c2c3ccc(-n4c5ccccc5c5ccccc54)cc3c(-c3cc(C)c(C)c(C)c3)c3ccc(-n4c5ccccc5c5ccccc54)cc23)cc(C)c1C. The maximum absolute atomic E-state index is 2.46. The van der Waals surface area contributed by atoms with Crippen molar-refractivity contribution < 1.29 is 0 Å². The lowest BCUT2D eigenvalue weighted by atomic mass is 9.83. The maximum atomic E-state index is 2.46. The van der Waals surface area contributed by atoms with Gasteiger partial charge < -0.3 is 9.13 Å². The number of aromatic nitrogens is 2. The van der Waals surface area contributed by atoms with E-state index in [2.05, 4.69) is 208 Å². The third-order valence-corrected chi connectivity index (χ3v) is 13.2. The van der Waals surface area contributed by atoms with Gasteiger partial charge in [0.15, 0.2) is 0 Å². The van der Waals surface area contributed by atoms with Crippen LogP contribution >= 0.6 is 0 Å². The van der Waals surface area contributed by atoms with Gasteiger partial charge in [0.05, 0.1) is 22.1 Å². The summed E-state index contributed by atoms with van der Waals surface area (Å²) in [5, 5.41) is 10.1. The number of para-hydroxylation sites is 4. The van der Waals surface area contributed by atoms with Gasteiger partial charge in [0.1, 0.15) is 0 Å². The normalized spacial score (nSPS) is 12.0. The molecule has 2 aromatic heterocycles. The van der Waals surface area contributed by atoms with Crippen LogP contribution in [0.3, 0.4) is 0 Å². The molecule has 9 aromatic carbocycles. The molecule has 0 radical (unpaired) electrons. The third-order valence-electron chi connectivity index (χ3n) is 13.2. The Labute approximate surface area is 339 Å². The Morgan fingerprint density at radius 1 is 0.276 bits per heavy atom. The van der Waals surface area contributed by atoms with Crippen LogP contribution in [-0.4, -0.2) is 9.13 Å². The zero-order valence-electron chi connectivity index (χ0n) is 33.9. The van der Waals surface area contributed by atoms with Crippen LogP contribution in [0.4, 0.5) is 0 Å². The predicted octanol–water partition coefficient (Wildman–Crippen LogP) is 15.4. The molecule has 11 rings (SSSR count). The molecular formula is C56H44N2. The highest BCUT2D eigenvalue weighted by atomic mass is 15.0. The Balaban J connectivity index is 1.32. The first kappa shape index (κ1) is 34.4. The van der Waals surface area contributed by atoms with E-state index in [1.165, 1.54) is 121 Å². The Kier molecular flexibility index (Phi) is 7.59. The summed E-state index contributed by atoms with van der Waals surface area (Å²) >= 11 is 0. The van der Waals surface area contributed by atoms with Crippen LogP contribution in [0.5, 0.6) is 0 Å². The summed E-state index contributed by atoms with van der Waals surface area (Å²) in [6.07, 6.45) is 0. The van der Waals surface area contributed by atoms with Crippen molar-refractivity contribution >= 4 is 65.2 Å². The van der Waals surface area contributed by atoms with E-state index in [4.69, 9.17) is 0 Å². The van der Waals surface area contributed by atoms with Gasteiger partial charge in [-0.15, -0.1) is 0 Å². The van der Waals surface area contributed by atoms with Crippen LogP contribution in [0, 0.1) is 41.5 Å². The molecule has 0 saturated carbocycles. The van der Waals surface area contributed by atoms with E-state index in [1.54, 1.807) is 0 Å². The van der Waals surface area contributed by atoms with Crippen LogP contribution in [0.15, 0.2) is 158 Å². The minimum Gasteiger partial charge on any atom is -0.309 e. The quantitative estimate of drug-likeness (QED) is 0.159. The first-order valence-corrected chi connectivity index (χ1v) is 20.4. The van der Waals surface area contributed by atoms with E-state index >= 15 is 0 Å². The minimum atomic E-state index is 1.16. The molecule has 0 aliphatic heterocycles. The summed E-state index contributed by atoms with van der Waals surface area (Å²) in [6, 6.07) is 59.3. The molecule has 278 valence electrons. The average Bonchev–Trinajstić information content (AvgIpc) is 3.76. The van der Waals surface area contributed by atoms with Gasteiger partial charge in [-0.25, -0.2) is 0 Å². The molecule has 0 unspecified atom stereocenters. The van der Waals surface area contributed by atoms with E-state index < -0.39 is 0 Å². The average molecular weight is 745 g/mol. The molecule has 0 atom stereocenters. The van der Waals surface area contributed by atoms with E-state index in [0.29, 0.717) is 0 Å². The van der Waals surface area contributed by atoms with Crippen LogP contribution in [0.25, 0.3) is 98.8 Å². The fourth-order valence-corrected chi connectivity index (χ4v) is 9.87. The fourth-order valence-electron chi connectivity index (χ4n) is 9.87. The maximum Gasteiger partial charge on any atom is 0.0541 e.